The van der Waals surface area contributed by atoms with E-state index < -0.39 is 23.6 Å². The molecule has 0 saturated heterocycles. The first-order valence-electron chi connectivity index (χ1n) is 5.05. The van der Waals surface area contributed by atoms with E-state index in [2.05, 4.69) is 5.32 Å². The summed E-state index contributed by atoms with van der Waals surface area (Å²) in [5.41, 5.74) is -0.324. The van der Waals surface area contributed by atoms with Crippen LogP contribution in [-0.4, -0.2) is 17.6 Å². The molecule has 0 radical (unpaired) electrons. The Bertz CT molecular complexity index is 457. The van der Waals surface area contributed by atoms with Crippen molar-refractivity contribution >= 4 is 11.7 Å². The Morgan fingerprint density at radius 2 is 2.12 bits per heavy atom. The molecule has 3 nitrogen and oxygen atoms in total. The number of benzene rings is 1. The molecule has 0 fully saturated rings. The monoisotopic (exact) mass is 245 g/mol. The lowest BCUT2D eigenvalue weighted by atomic mass is 9.92. The third-order valence-electron chi connectivity index (χ3n) is 2.80. The Kier molecular flexibility index (Phi) is 2.73. The number of carbonyl (C=O) groups is 1. The highest BCUT2D eigenvalue weighted by Gasteiger charge is 2.36. The summed E-state index contributed by atoms with van der Waals surface area (Å²) in [6.45, 7) is 0.0232. The fraction of sp³-hybridized carbons (Fsp3) is 0.364. The van der Waals surface area contributed by atoms with Crippen molar-refractivity contribution in [2.45, 2.75) is 12.6 Å². The van der Waals surface area contributed by atoms with Gasteiger partial charge in [-0.1, -0.05) is 12.1 Å². The Morgan fingerprint density at radius 3 is 2.71 bits per heavy atom. The molecule has 17 heavy (non-hydrogen) atoms. The van der Waals surface area contributed by atoms with Crippen molar-refractivity contribution < 1.29 is 23.1 Å². The first-order chi connectivity index (χ1) is 7.89. The summed E-state index contributed by atoms with van der Waals surface area (Å²) < 4.78 is 38.0. The number of hydrogen-bond acceptors (Lipinski definition) is 2. The predicted molar refractivity (Wildman–Crippen MR) is 54.8 cm³/mol. The number of carboxylic acid groups (broad SMARTS) is 1. The quantitative estimate of drug-likeness (QED) is 0.798. The maximum atomic E-state index is 12.7. The second kappa shape index (κ2) is 3.94. The number of alkyl halides is 3. The van der Waals surface area contributed by atoms with Crippen LogP contribution in [0.15, 0.2) is 18.2 Å². The van der Waals surface area contributed by atoms with E-state index >= 15 is 0 Å². The van der Waals surface area contributed by atoms with E-state index in [-0.39, 0.29) is 18.7 Å². The fourth-order valence-electron chi connectivity index (χ4n) is 1.95. The van der Waals surface area contributed by atoms with Gasteiger partial charge >= 0.3 is 12.1 Å². The third kappa shape index (κ3) is 2.20. The summed E-state index contributed by atoms with van der Waals surface area (Å²) in [5, 5.41) is 11.4. The summed E-state index contributed by atoms with van der Waals surface area (Å²) in [5.74, 6) is -1.67. The zero-order chi connectivity index (χ0) is 12.6. The second-order valence-corrected chi connectivity index (χ2v) is 3.96. The first kappa shape index (κ1) is 11.8. The Labute approximate surface area is 95.3 Å². The molecule has 0 saturated carbocycles. The van der Waals surface area contributed by atoms with Crippen LogP contribution in [0.25, 0.3) is 0 Å². The zero-order valence-corrected chi connectivity index (χ0v) is 8.71. The van der Waals surface area contributed by atoms with Gasteiger partial charge in [-0.2, -0.15) is 13.2 Å². The molecule has 1 heterocycles. The number of halogens is 3. The van der Waals surface area contributed by atoms with Crippen molar-refractivity contribution in [2.75, 3.05) is 11.9 Å². The number of rotatable bonds is 1. The van der Waals surface area contributed by atoms with E-state index in [0.717, 1.165) is 6.07 Å². The van der Waals surface area contributed by atoms with E-state index in [1.165, 1.54) is 12.1 Å². The van der Waals surface area contributed by atoms with E-state index in [9.17, 15) is 18.0 Å². The molecule has 2 rings (SSSR count). The van der Waals surface area contributed by atoms with Crippen molar-refractivity contribution in [3.63, 3.8) is 0 Å². The Balaban J connectivity index is 2.39. The summed E-state index contributed by atoms with van der Waals surface area (Å²) in [7, 11) is 0. The van der Waals surface area contributed by atoms with Gasteiger partial charge in [-0.05, 0) is 18.1 Å². The molecule has 1 aromatic rings. The highest BCUT2D eigenvalue weighted by Crippen LogP contribution is 2.38. The van der Waals surface area contributed by atoms with Crippen LogP contribution in [0.4, 0.5) is 18.9 Å². The van der Waals surface area contributed by atoms with Gasteiger partial charge in [0, 0.05) is 12.2 Å². The van der Waals surface area contributed by atoms with Crippen molar-refractivity contribution in [3.05, 3.63) is 29.3 Å². The molecular formula is C11H10F3NO2. The maximum Gasteiger partial charge on any atom is 0.418 e. The lowest BCUT2D eigenvalue weighted by molar-refractivity contribution is -0.141. The van der Waals surface area contributed by atoms with Gasteiger partial charge in [-0.15, -0.1) is 0 Å². The molecule has 0 bridgehead atoms. The minimum atomic E-state index is -4.42. The lowest BCUT2D eigenvalue weighted by Crippen LogP contribution is -2.30. The van der Waals surface area contributed by atoms with Crippen LogP contribution < -0.4 is 5.32 Å². The Morgan fingerprint density at radius 1 is 1.41 bits per heavy atom. The van der Waals surface area contributed by atoms with Gasteiger partial charge in [0.15, 0.2) is 0 Å². The van der Waals surface area contributed by atoms with Crippen LogP contribution in [0.3, 0.4) is 0 Å². The third-order valence-corrected chi connectivity index (χ3v) is 2.80. The second-order valence-electron chi connectivity index (χ2n) is 3.96. The van der Waals surface area contributed by atoms with E-state index in [0.29, 0.717) is 5.56 Å². The smallest absolute Gasteiger partial charge is 0.418 e. The fourth-order valence-corrected chi connectivity index (χ4v) is 1.95. The zero-order valence-electron chi connectivity index (χ0n) is 8.71. The molecule has 1 aliphatic rings. The number of para-hydroxylation sites is 1. The molecule has 1 aliphatic heterocycles. The van der Waals surface area contributed by atoms with Crippen molar-refractivity contribution in [1.82, 2.24) is 0 Å². The average Bonchev–Trinajstić information content (AvgIpc) is 2.26. The largest absolute Gasteiger partial charge is 0.481 e. The maximum absolute atomic E-state index is 12.7. The van der Waals surface area contributed by atoms with Crippen LogP contribution in [0.1, 0.15) is 11.1 Å². The highest BCUT2D eigenvalue weighted by atomic mass is 19.4. The molecular weight excluding hydrogens is 235 g/mol. The number of fused-ring (bicyclic) bond motifs is 1. The molecule has 1 atom stereocenters. The topological polar surface area (TPSA) is 49.3 Å². The van der Waals surface area contributed by atoms with Crippen LogP contribution in [-0.2, 0) is 17.4 Å². The molecule has 0 unspecified atom stereocenters. The minimum Gasteiger partial charge on any atom is -0.481 e. The summed E-state index contributed by atoms with van der Waals surface area (Å²) in [6.07, 6.45) is -4.30. The lowest BCUT2D eigenvalue weighted by Gasteiger charge is -2.26. The number of hydrogen-bond donors (Lipinski definition) is 2. The van der Waals surface area contributed by atoms with Gasteiger partial charge in [0.25, 0.3) is 0 Å². The van der Waals surface area contributed by atoms with Crippen molar-refractivity contribution in [3.8, 4) is 0 Å². The standard InChI is InChI=1S/C11H10F3NO2/c12-11(13,14)8-3-1-2-6-4-7(10(16)17)5-15-9(6)8/h1-3,7,15H,4-5H2,(H,16,17)/t7-/m0/s1. The van der Waals surface area contributed by atoms with Gasteiger partial charge < -0.3 is 10.4 Å². The van der Waals surface area contributed by atoms with Gasteiger partial charge in [-0.25, -0.2) is 0 Å². The predicted octanol–water partition coefficient (Wildman–Crippen LogP) is 2.37. The molecule has 0 spiro atoms. The molecule has 2 N–H and O–H groups in total. The number of carboxylic acids is 1. The summed E-state index contributed by atoms with van der Waals surface area (Å²) >= 11 is 0. The molecule has 92 valence electrons. The van der Waals surface area contributed by atoms with Crippen LogP contribution in [0.5, 0.6) is 0 Å². The SMILES string of the molecule is O=C(O)[C@@H]1CNc2c(cccc2C(F)(F)F)C1. The van der Waals surface area contributed by atoms with E-state index in [1.54, 1.807) is 0 Å². The van der Waals surface area contributed by atoms with Crippen molar-refractivity contribution in [1.29, 1.82) is 0 Å². The highest BCUT2D eigenvalue weighted by molar-refractivity contribution is 5.74. The molecule has 0 amide bonds. The average molecular weight is 245 g/mol. The van der Waals surface area contributed by atoms with E-state index in [1.807, 2.05) is 0 Å². The normalized spacial score (nSPS) is 19.4. The van der Waals surface area contributed by atoms with Crippen LogP contribution in [0, 0.1) is 5.92 Å². The summed E-state index contributed by atoms with van der Waals surface area (Å²) in [4.78, 5) is 10.8. The van der Waals surface area contributed by atoms with Crippen LogP contribution >= 0.6 is 0 Å². The number of aliphatic carboxylic acids is 1. The number of nitrogens with one attached hydrogen (secondary N) is 1. The molecule has 0 aromatic heterocycles. The van der Waals surface area contributed by atoms with Gasteiger partial charge in [0.05, 0.1) is 11.5 Å². The molecule has 6 heteroatoms. The molecule has 0 aliphatic carbocycles. The number of anilines is 1. The van der Waals surface area contributed by atoms with E-state index in [4.69, 9.17) is 5.11 Å². The van der Waals surface area contributed by atoms with Crippen molar-refractivity contribution in [2.24, 2.45) is 5.92 Å². The Hall–Kier alpha value is -1.72. The first-order valence-corrected chi connectivity index (χ1v) is 5.05. The minimum absolute atomic E-state index is 0.0116. The molecule has 1 aromatic carbocycles. The summed E-state index contributed by atoms with van der Waals surface area (Å²) in [6, 6.07) is 3.81. The van der Waals surface area contributed by atoms with Gasteiger partial charge in [-0.3, -0.25) is 4.79 Å². The van der Waals surface area contributed by atoms with Gasteiger partial charge in [0.2, 0.25) is 0 Å². The van der Waals surface area contributed by atoms with Gasteiger partial charge in [0.1, 0.15) is 0 Å². The van der Waals surface area contributed by atoms with Crippen LogP contribution in [0.2, 0.25) is 0 Å².